The van der Waals surface area contributed by atoms with Gasteiger partial charge in [0.25, 0.3) is 5.91 Å². The van der Waals surface area contributed by atoms with E-state index in [0.29, 0.717) is 25.1 Å². The van der Waals surface area contributed by atoms with Crippen molar-refractivity contribution in [2.75, 3.05) is 13.1 Å². The average Bonchev–Trinajstić information content (AvgIpc) is 2.49. The van der Waals surface area contributed by atoms with Crippen LogP contribution >= 0.6 is 0 Å². The molecule has 118 valence electrons. The van der Waals surface area contributed by atoms with Crippen molar-refractivity contribution in [3.8, 4) is 0 Å². The Hall–Kier alpha value is -2.10. The zero-order valence-corrected chi connectivity index (χ0v) is 13.8. The first-order valence-electron chi connectivity index (χ1n) is 7.75. The maximum absolute atomic E-state index is 12.5. The van der Waals surface area contributed by atoms with Gasteiger partial charge in [-0.2, -0.15) is 0 Å². The van der Waals surface area contributed by atoms with E-state index in [2.05, 4.69) is 5.32 Å². The quantitative estimate of drug-likeness (QED) is 0.933. The fraction of sp³-hybridized carbons (Fsp3) is 0.444. The molecule has 1 aromatic carbocycles. The van der Waals surface area contributed by atoms with Crippen LogP contribution in [0.2, 0.25) is 0 Å². The van der Waals surface area contributed by atoms with Gasteiger partial charge >= 0.3 is 0 Å². The maximum Gasteiger partial charge on any atom is 0.254 e. The Bertz CT molecular complexity index is 618. The van der Waals surface area contributed by atoms with Crippen molar-refractivity contribution in [1.29, 1.82) is 0 Å². The summed E-state index contributed by atoms with van der Waals surface area (Å²) in [6, 6.07) is 5.91. The van der Waals surface area contributed by atoms with Gasteiger partial charge in [-0.1, -0.05) is 12.1 Å². The molecule has 0 unspecified atom stereocenters. The lowest BCUT2D eigenvalue weighted by Crippen LogP contribution is -2.38. The molecule has 0 fully saturated rings. The Morgan fingerprint density at radius 3 is 2.45 bits per heavy atom. The Morgan fingerprint density at radius 2 is 1.91 bits per heavy atom. The first-order chi connectivity index (χ1) is 10.4. The van der Waals surface area contributed by atoms with Crippen molar-refractivity contribution < 1.29 is 9.59 Å². The molecule has 1 aliphatic rings. The Kier molecular flexibility index (Phi) is 5.01. The Morgan fingerprint density at radius 1 is 1.18 bits per heavy atom. The number of benzene rings is 1. The van der Waals surface area contributed by atoms with Gasteiger partial charge in [-0.15, -0.1) is 0 Å². The van der Waals surface area contributed by atoms with Crippen molar-refractivity contribution in [3.63, 3.8) is 0 Å². The molecule has 0 bridgehead atoms. The number of aryl methyl sites for hydroxylation is 2. The summed E-state index contributed by atoms with van der Waals surface area (Å²) in [6.07, 6.45) is 2.47. The molecule has 2 amide bonds. The van der Waals surface area contributed by atoms with Gasteiger partial charge in [0.05, 0.1) is 0 Å². The summed E-state index contributed by atoms with van der Waals surface area (Å²) in [4.78, 5) is 26.3. The molecule has 4 nitrogen and oxygen atoms in total. The van der Waals surface area contributed by atoms with Crippen LogP contribution in [0.1, 0.15) is 41.8 Å². The summed E-state index contributed by atoms with van der Waals surface area (Å²) in [6.45, 7) is 9.01. The lowest BCUT2D eigenvalue weighted by atomic mass is 10.0. The van der Waals surface area contributed by atoms with Crippen molar-refractivity contribution in [2.24, 2.45) is 0 Å². The molecular weight excluding hydrogens is 276 g/mol. The summed E-state index contributed by atoms with van der Waals surface area (Å²) >= 11 is 0. The van der Waals surface area contributed by atoms with E-state index in [0.717, 1.165) is 11.1 Å². The highest BCUT2D eigenvalue weighted by molar-refractivity contribution is 5.96. The fourth-order valence-corrected chi connectivity index (χ4v) is 2.47. The second-order valence-corrected chi connectivity index (χ2v) is 6.16. The molecule has 2 rings (SSSR count). The normalized spacial score (nSPS) is 14.8. The summed E-state index contributed by atoms with van der Waals surface area (Å²) < 4.78 is 0. The summed E-state index contributed by atoms with van der Waals surface area (Å²) in [7, 11) is 0. The fourth-order valence-electron chi connectivity index (χ4n) is 2.47. The van der Waals surface area contributed by atoms with Crippen molar-refractivity contribution in [3.05, 3.63) is 46.5 Å². The zero-order valence-electron chi connectivity index (χ0n) is 13.8. The van der Waals surface area contributed by atoms with Gasteiger partial charge in [-0.3, -0.25) is 9.59 Å². The lowest BCUT2D eigenvalue weighted by molar-refractivity contribution is -0.118. The number of hydrogen-bond acceptors (Lipinski definition) is 2. The molecule has 4 heteroatoms. The van der Waals surface area contributed by atoms with Crippen LogP contribution in [-0.4, -0.2) is 35.8 Å². The summed E-state index contributed by atoms with van der Waals surface area (Å²) in [5.74, 6) is 0.0101. The highest BCUT2D eigenvalue weighted by Crippen LogP contribution is 2.16. The molecule has 0 radical (unpaired) electrons. The molecule has 0 aliphatic carbocycles. The molecule has 0 spiro atoms. The van der Waals surface area contributed by atoms with Crippen molar-refractivity contribution >= 4 is 11.8 Å². The Labute approximate surface area is 132 Å². The SMILES string of the molecule is Cc1ccc(C(=O)N2CC=C(C(=O)NC(C)C)CC2)cc1C. The summed E-state index contributed by atoms with van der Waals surface area (Å²) in [5, 5.41) is 2.89. The predicted octanol–water partition coefficient (Wildman–Crippen LogP) is 2.60. The molecule has 22 heavy (non-hydrogen) atoms. The van der Waals surface area contributed by atoms with Crippen LogP contribution in [-0.2, 0) is 4.79 Å². The minimum absolute atomic E-state index is 0.0201. The van der Waals surface area contributed by atoms with Crippen LogP contribution in [0.3, 0.4) is 0 Å². The molecule has 1 N–H and O–H groups in total. The average molecular weight is 300 g/mol. The number of rotatable bonds is 3. The van der Waals surface area contributed by atoms with E-state index in [1.54, 1.807) is 4.90 Å². The summed E-state index contributed by atoms with van der Waals surface area (Å²) in [5.41, 5.74) is 3.79. The van der Waals surface area contributed by atoms with E-state index in [9.17, 15) is 9.59 Å². The highest BCUT2D eigenvalue weighted by Gasteiger charge is 2.21. The van der Waals surface area contributed by atoms with Gasteiger partial charge in [0.2, 0.25) is 5.91 Å². The van der Waals surface area contributed by atoms with E-state index < -0.39 is 0 Å². The minimum Gasteiger partial charge on any atom is -0.350 e. The van der Waals surface area contributed by atoms with Crippen LogP contribution in [0, 0.1) is 13.8 Å². The van der Waals surface area contributed by atoms with E-state index in [1.807, 2.05) is 52.0 Å². The van der Waals surface area contributed by atoms with Crippen LogP contribution in [0.15, 0.2) is 29.8 Å². The van der Waals surface area contributed by atoms with Crippen LogP contribution in [0.25, 0.3) is 0 Å². The molecular formula is C18H24N2O2. The number of amides is 2. The second kappa shape index (κ2) is 6.77. The van der Waals surface area contributed by atoms with Gasteiger partial charge in [-0.25, -0.2) is 0 Å². The van der Waals surface area contributed by atoms with E-state index in [1.165, 1.54) is 5.56 Å². The smallest absolute Gasteiger partial charge is 0.254 e. The van der Waals surface area contributed by atoms with E-state index in [-0.39, 0.29) is 17.9 Å². The largest absolute Gasteiger partial charge is 0.350 e. The molecule has 0 aromatic heterocycles. The number of hydrogen-bond donors (Lipinski definition) is 1. The molecule has 0 saturated carbocycles. The van der Waals surface area contributed by atoms with Gasteiger partial charge in [0.1, 0.15) is 0 Å². The molecule has 0 atom stereocenters. The molecule has 1 aliphatic heterocycles. The lowest BCUT2D eigenvalue weighted by Gasteiger charge is -2.26. The first-order valence-corrected chi connectivity index (χ1v) is 7.75. The number of carbonyl (C=O) groups is 2. The standard InChI is InChI=1S/C18H24N2O2/c1-12(2)19-17(21)15-7-9-20(10-8-15)18(22)16-6-5-13(3)14(4)11-16/h5-7,11-12H,8-10H2,1-4H3,(H,19,21). The van der Waals surface area contributed by atoms with E-state index >= 15 is 0 Å². The van der Waals surface area contributed by atoms with Crippen LogP contribution in [0.5, 0.6) is 0 Å². The third-order valence-corrected chi connectivity index (χ3v) is 3.96. The molecule has 0 saturated heterocycles. The number of nitrogens with one attached hydrogen (secondary N) is 1. The zero-order chi connectivity index (χ0) is 16.3. The first kappa shape index (κ1) is 16.3. The van der Waals surface area contributed by atoms with Crippen LogP contribution in [0.4, 0.5) is 0 Å². The van der Waals surface area contributed by atoms with Gasteiger partial charge < -0.3 is 10.2 Å². The van der Waals surface area contributed by atoms with Crippen LogP contribution < -0.4 is 5.32 Å². The monoisotopic (exact) mass is 300 g/mol. The Balaban J connectivity index is 2.04. The number of nitrogens with zero attached hydrogens (tertiary/aromatic N) is 1. The third kappa shape index (κ3) is 3.75. The highest BCUT2D eigenvalue weighted by atomic mass is 16.2. The van der Waals surface area contributed by atoms with E-state index in [4.69, 9.17) is 0 Å². The maximum atomic E-state index is 12.5. The second-order valence-electron chi connectivity index (χ2n) is 6.16. The predicted molar refractivity (Wildman–Crippen MR) is 87.8 cm³/mol. The number of carbonyl (C=O) groups excluding carboxylic acids is 2. The minimum atomic E-state index is -0.0201. The van der Waals surface area contributed by atoms with Gasteiger partial charge in [0.15, 0.2) is 0 Å². The van der Waals surface area contributed by atoms with Gasteiger partial charge in [-0.05, 0) is 57.4 Å². The topological polar surface area (TPSA) is 49.4 Å². The molecule has 1 aromatic rings. The van der Waals surface area contributed by atoms with Gasteiger partial charge in [0, 0.05) is 30.3 Å². The third-order valence-electron chi connectivity index (χ3n) is 3.96. The van der Waals surface area contributed by atoms with Crippen molar-refractivity contribution in [1.82, 2.24) is 10.2 Å². The molecule has 1 heterocycles. The van der Waals surface area contributed by atoms with Crippen molar-refractivity contribution in [2.45, 2.75) is 40.2 Å².